The van der Waals surface area contributed by atoms with Gasteiger partial charge in [0.15, 0.2) is 0 Å². The molecule has 0 amide bonds. The highest BCUT2D eigenvalue weighted by molar-refractivity contribution is 4.71. The quantitative estimate of drug-likeness (QED) is 0.644. The molecule has 0 aromatic carbocycles. The molecule has 1 saturated heterocycles. The second-order valence-electron chi connectivity index (χ2n) is 3.47. The van der Waals surface area contributed by atoms with Crippen LogP contribution in [0.3, 0.4) is 0 Å². The van der Waals surface area contributed by atoms with Crippen molar-refractivity contribution < 1.29 is 4.74 Å². The van der Waals surface area contributed by atoms with E-state index in [9.17, 15) is 0 Å². The third-order valence-electron chi connectivity index (χ3n) is 2.30. The van der Waals surface area contributed by atoms with E-state index in [-0.39, 0.29) is 12.5 Å². The maximum Gasteiger partial charge on any atom is 0.112 e. The summed E-state index contributed by atoms with van der Waals surface area (Å²) in [5.41, 5.74) is 5.61. The van der Waals surface area contributed by atoms with Crippen molar-refractivity contribution in [3.8, 4) is 0 Å². The SMILES string of the molecule is CC(C)N(C)C1CCC(N)O1. The first-order valence-electron chi connectivity index (χ1n) is 4.24. The van der Waals surface area contributed by atoms with Gasteiger partial charge in [0.1, 0.15) is 12.5 Å². The number of hydrogen-bond donors (Lipinski definition) is 1. The first-order chi connectivity index (χ1) is 5.11. The summed E-state index contributed by atoms with van der Waals surface area (Å²) < 4.78 is 5.49. The molecule has 0 aromatic rings. The normalized spacial score (nSPS) is 32.2. The van der Waals surface area contributed by atoms with Gasteiger partial charge in [-0.05, 0) is 33.7 Å². The molecule has 1 aliphatic heterocycles. The topological polar surface area (TPSA) is 38.5 Å². The molecular formula is C8H18N2O. The van der Waals surface area contributed by atoms with E-state index in [1.165, 1.54) is 0 Å². The van der Waals surface area contributed by atoms with Crippen LogP contribution in [0.1, 0.15) is 26.7 Å². The Balaban J connectivity index is 2.36. The minimum atomic E-state index is -0.0406. The van der Waals surface area contributed by atoms with Crippen molar-refractivity contribution in [3.63, 3.8) is 0 Å². The number of rotatable bonds is 2. The highest BCUT2D eigenvalue weighted by Crippen LogP contribution is 2.19. The van der Waals surface area contributed by atoms with Crippen molar-refractivity contribution in [2.24, 2.45) is 5.73 Å². The van der Waals surface area contributed by atoms with Crippen molar-refractivity contribution in [3.05, 3.63) is 0 Å². The highest BCUT2D eigenvalue weighted by atomic mass is 16.5. The Labute approximate surface area is 68.5 Å². The van der Waals surface area contributed by atoms with Crippen LogP contribution in [0.25, 0.3) is 0 Å². The molecule has 0 bridgehead atoms. The molecule has 1 rings (SSSR count). The van der Waals surface area contributed by atoms with Gasteiger partial charge < -0.3 is 10.5 Å². The van der Waals surface area contributed by atoms with Gasteiger partial charge in [0.25, 0.3) is 0 Å². The van der Waals surface area contributed by atoms with E-state index in [1.807, 2.05) is 0 Å². The zero-order chi connectivity index (χ0) is 8.43. The van der Waals surface area contributed by atoms with E-state index in [4.69, 9.17) is 10.5 Å². The lowest BCUT2D eigenvalue weighted by molar-refractivity contribution is -0.0526. The molecule has 0 saturated carbocycles. The van der Waals surface area contributed by atoms with Crippen LogP contribution in [0.5, 0.6) is 0 Å². The van der Waals surface area contributed by atoms with Gasteiger partial charge in [-0.1, -0.05) is 0 Å². The molecule has 1 heterocycles. The molecule has 1 fully saturated rings. The van der Waals surface area contributed by atoms with Crippen LogP contribution in [0.2, 0.25) is 0 Å². The lowest BCUT2D eigenvalue weighted by Crippen LogP contribution is -2.37. The van der Waals surface area contributed by atoms with Crippen molar-refractivity contribution >= 4 is 0 Å². The Kier molecular flexibility index (Phi) is 2.87. The van der Waals surface area contributed by atoms with Crippen molar-refractivity contribution in [2.75, 3.05) is 7.05 Å². The fourth-order valence-corrected chi connectivity index (χ4v) is 1.28. The van der Waals surface area contributed by atoms with E-state index >= 15 is 0 Å². The summed E-state index contributed by atoms with van der Waals surface area (Å²) in [7, 11) is 2.08. The molecule has 0 spiro atoms. The lowest BCUT2D eigenvalue weighted by Gasteiger charge is -2.27. The average molecular weight is 158 g/mol. The standard InChI is InChI=1S/C8H18N2O/c1-6(2)10(3)8-5-4-7(9)11-8/h6-8H,4-5,9H2,1-3H3. The van der Waals surface area contributed by atoms with Crippen LogP contribution in [0.4, 0.5) is 0 Å². The Bertz CT molecular complexity index is 127. The molecule has 0 radical (unpaired) electrons. The molecule has 3 heteroatoms. The molecule has 2 unspecified atom stereocenters. The first-order valence-corrected chi connectivity index (χ1v) is 4.24. The molecule has 3 nitrogen and oxygen atoms in total. The van der Waals surface area contributed by atoms with Gasteiger partial charge in [-0.3, -0.25) is 4.90 Å². The van der Waals surface area contributed by atoms with Gasteiger partial charge in [-0.2, -0.15) is 0 Å². The Morgan fingerprint density at radius 1 is 1.45 bits per heavy atom. The van der Waals surface area contributed by atoms with Crippen molar-refractivity contribution in [2.45, 2.75) is 45.2 Å². The summed E-state index contributed by atoms with van der Waals surface area (Å²) in [4.78, 5) is 2.22. The van der Waals surface area contributed by atoms with Crippen LogP contribution >= 0.6 is 0 Å². The number of nitrogens with zero attached hydrogens (tertiary/aromatic N) is 1. The third kappa shape index (κ3) is 2.15. The summed E-state index contributed by atoms with van der Waals surface area (Å²) in [6.07, 6.45) is 2.25. The van der Waals surface area contributed by atoms with E-state index < -0.39 is 0 Å². The Hall–Kier alpha value is -0.120. The van der Waals surface area contributed by atoms with Gasteiger partial charge in [-0.25, -0.2) is 0 Å². The van der Waals surface area contributed by atoms with Crippen molar-refractivity contribution in [1.29, 1.82) is 0 Å². The molecule has 66 valence electrons. The van der Waals surface area contributed by atoms with E-state index in [2.05, 4.69) is 25.8 Å². The summed E-state index contributed by atoms with van der Waals surface area (Å²) in [6, 6.07) is 0.533. The van der Waals surface area contributed by atoms with Gasteiger partial charge in [0, 0.05) is 6.04 Å². The fourth-order valence-electron chi connectivity index (χ4n) is 1.28. The summed E-state index contributed by atoms with van der Waals surface area (Å²) in [5.74, 6) is 0. The monoisotopic (exact) mass is 158 g/mol. The van der Waals surface area contributed by atoms with Crippen LogP contribution < -0.4 is 5.73 Å². The zero-order valence-electron chi connectivity index (χ0n) is 7.58. The number of ether oxygens (including phenoxy) is 1. The lowest BCUT2D eigenvalue weighted by atomic mass is 10.2. The van der Waals surface area contributed by atoms with Gasteiger partial charge in [0.2, 0.25) is 0 Å². The van der Waals surface area contributed by atoms with Gasteiger partial charge in [0.05, 0.1) is 0 Å². The molecule has 0 aromatic heterocycles. The molecule has 0 aliphatic carbocycles. The summed E-state index contributed by atoms with van der Waals surface area (Å²) in [6.45, 7) is 4.32. The first kappa shape index (κ1) is 8.97. The predicted octanol–water partition coefficient (Wildman–Crippen LogP) is 0.748. The predicted molar refractivity (Wildman–Crippen MR) is 45.0 cm³/mol. The average Bonchev–Trinajstić information content (AvgIpc) is 2.34. The van der Waals surface area contributed by atoms with Crippen LogP contribution in [-0.4, -0.2) is 30.4 Å². The van der Waals surface area contributed by atoms with Crippen molar-refractivity contribution in [1.82, 2.24) is 4.90 Å². The number of hydrogen-bond acceptors (Lipinski definition) is 3. The highest BCUT2D eigenvalue weighted by Gasteiger charge is 2.26. The minimum Gasteiger partial charge on any atom is -0.345 e. The van der Waals surface area contributed by atoms with E-state index in [1.54, 1.807) is 0 Å². The smallest absolute Gasteiger partial charge is 0.112 e. The zero-order valence-corrected chi connectivity index (χ0v) is 7.58. The van der Waals surface area contributed by atoms with Gasteiger partial charge in [-0.15, -0.1) is 0 Å². The molecule has 1 aliphatic rings. The largest absolute Gasteiger partial charge is 0.345 e. The van der Waals surface area contributed by atoms with E-state index in [0.717, 1.165) is 12.8 Å². The fraction of sp³-hybridized carbons (Fsp3) is 1.00. The Morgan fingerprint density at radius 2 is 2.09 bits per heavy atom. The molecular weight excluding hydrogens is 140 g/mol. The number of nitrogens with two attached hydrogens (primary N) is 1. The second kappa shape index (κ2) is 3.52. The maximum atomic E-state index is 5.61. The summed E-state index contributed by atoms with van der Waals surface area (Å²) >= 11 is 0. The van der Waals surface area contributed by atoms with E-state index in [0.29, 0.717) is 6.04 Å². The van der Waals surface area contributed by atoms with Crippen LogP contribution in [-0.2, 0) is 4.74 Å². The second-order valence-corrected chi connectivity index (χ2v) is 3.47. The Morgan fingerprint density at radius 3 is 2.45 bits per heavy atom. The van der Waals surface area contributed by atoms with Crippen LogP contribution in [0.15, 0.2) is 0 Å². The maximum absolute atomic E-state index is 5.61. The van der Waals surface area contributed by atoms with Gasteiger partial charge >= 0.3 is 0 Å². The third-order valence-corrected chi connectivity index (χ3v) is 2.30. The van der Waals surface area contributed by atoms with Crippen LogP contribution in [0, 0.1) is 0 Å². The molecule has 11 heavy (non-hydrogen) atoms. The summed E-state index contributed by atoms with van der Waals surface area (Å²) in [5, 5.41) is 0. The molecule has 2 N–H and O–H groups in total. The minimum absolute atomic E-state index is 0.0406. The molecule has 2 atom stereocenters.